The number of carbonyl (C=O) groups is 1. The van der Waals surface area contributed by atoms with Gasteiger partial charge in [0.05, 0.1) is 6.61 Å². The van der Waals surface area contributed by atoms with Crippen LogP contribution >= 0.6 is 15.9 Å². The van der Waals surface area contributed by atoms with Gasteiger partial charge in [0.2, 0.25) is 0 Å². The number of aliphatic hydroxyl groups is 1. The van der Waals surface area contributed by atoms with Crippen molar-refractivity contribution in [1.29, 1.82) is 0 Å². The van der Waals surface area contributed by atoms with Gasteiger partial charge < -0.3 is 10.4 Å². The third kappa shape index (κ3) is 2.94. The van der Waals surface area contributed by atoms with Gasteiger partial charge in [0.25, 0.3) is 5.91 Å². The molecule has 2 rings (SSSR count). The van der Waals surface area contributed by atoms with Gasteiger partial charge in [-0.1, -0.05) is 18.2 Å². The third-order valence-corrected chi connectivity index (χ3v) is 2.87. The first-order valence-corrected chi connectivity index (χ1v) is 6.11. The zero-order valence-corrected chi connectivity index (χ0v) is 11.0. The number of hydrogen-bond donors (Lipinski definition) is 2. The summed E-state index contributed by atoms with van der Waals surface area (Å²) < 4.78 is 0.815. The Balaban J connectivity index is 2.18. The highest BCUT2D eigenvalue weighted by Gasteiger charge is 2.09. The molecule has 0 aliphatic rings. The molecule has 0 saturated carbocycles. The molecule has 1 aromatic heterocycles. The van der Waals surface area contributed by atoms with Crippen molar-refractivity contribution in [2.24, 2.45) is 0 Å². The summed E-state index contributed by atoms with van der Waals surface area (Å²) in [6.07, 6.45) is 1.56. The van der Waals surface area contributed by atoms with Crippen LogP contribution < -0.4 is 5.32 Å². The number of aliphatic hydroxyl groups excluding tert-OH is 1. The molecule has 0 aliphatic heterocycles. The maximum atomic E-state index is 11.9. The van der Waals surface area contributed by atoms with Crippen molar-refractivity contribution in [1.82, 2.24) is 4.98 Å². The Morgan fingerprint density at radius 2 is 2.06 bits per heavy atom. The van der Waals surface area contributed by atoms with Gasteiger partial charge in [-0.05, 0) is 34.1 Å². The van der Waals surface area contributed by atoms with Gasteiger partial charge in [0, 0.05) is 21.9 Å². The van der Waals surface area contributed by atoms with Crippen LogP contribution in [0, 0.1) is 0 Å². The molecular weight excluding hydrogens is 296 g/mol. The van der Waals surface area contributed by atoms with E-state index in [0.29, 0.717) is 16.9 Å². The van der Waals surface area contributed by atoms with Gasteiger partial charge in [-0.25, -0.2) is 4.98 Å². The molecular formula is C13H11BrN2O2. The van der Waals surface area contributed by atoms with Crippen molar-refractivity contribution in [3.8, 4) is 0 Å². The SMILES string of the molecule is O=C(Nc1ccccc1CO)c1ccc(Br)cn1. The maximum Gasteiger partial charge on any atom is 0.274 e. The molecule has 0 aliphatic carbocycles. The molecule has 0 fully saturated rings. The molecule has 0 spiro atoms. The number of carbonyl (C=O) groups excluding carboxylic acids is 1. The number of anilines is 1. The molecule has 0 radical (unpaired) electrons. The van der Waals surface area contributed by atoms with Crippen molar-refractivity contribution in [2.75, 3.05) is 5.32 Å². The van der Waals surface area contributed by atoms with Gasteiger partial charge >= 0.3 is 0 Å². The minimum Gasteiger partial charge on any atom is -0.392 e. The predicted octanol–water partition coefficient (Wildman–Crippen LogP) is 2.59. The lowest BCUT2D eigenvalue weighted by Gasteiger charge is -2.08. The number of benzene rings is 1. The van der Waals surface area contributed by atoms with E-state index in [1.54, 1.807) is 42.6 Å². The Morgan fingerprint density at radius 1 is 1.28 bits per heavy atom. The van der Waals surface area contributed by atoms with Crippen LogP contribution in [0.5, 0.6) is 0 Å². The van der Waals surface area contributed by atoms with E-state index in [0.717, 1.165) is 4.47 Å². The van der Waals surface area contributed by atoms with Crippen molar-refractivity contribution in [3.63, 3.8) is 0 Å². The van der Waals surface area contributed by atoms with E-state index in [1.807, 2.05) is 0 Å². The number of nitrogens with zero attached hydrogens (tertiary/aromatic N) is 1. The van der Waals surface area contributed by atoms with E-state index in [4.69, 9.17) is 5.11 Å². The number of rotatable bonds is 3. The van der Waals surface area contributed by atoms with Crippen LogP contribution in [0.1, 0.15) is 16.1 Å². The van der Waals surface area contributed by atoms with Gasteiger partial charge in [0.15, 0.2) is 0 Å². The van der Waals surface area contributed by atoms with Crippen LogP contribution in [0.25, 0.3) is 0 Å². The van der Waals surface area contributed by atoms with E-state index in [2.05, 4.69) is 26.2 Å². The molecule has 2 N–H and O–H groups in total. The Labute approximate surface area is 113 Å². The molecule has 18 heavy (non-hydrogen) atoms. The fourth-order valence-corrected chi connectivity index (χ4v) is 1.71. The van der Waals surface area contributed by atoms with Crippen LogP contribution in [0.4, 0.5) is 5.69 Å². The summed E-state index contributed by atoms with van der Waals surface area (Å²) in [5.41, 5.74) is 1.59. The first-order chi connectivity index (χ1) is 8.70. The molecule has 0 saturated heterocycles. The first kappa shape index (κ1) is 12.7. The molecule has 1 aromatic carbocycles. The van der Waals surface area contributed by atoms with E-state index < -0.39 is 0 Å². The third-order valence-electron chi connectivity index (χ3n) is 2.40. The van der Waals surface area contributed by atoms with Gasteiger partial charge in [-0.15, -0.1) is 0 Å². The molecule has 0 atom stereocenters. The van der Waals surface area contributed by atoms with E-state index in [-0.39, 0.29) is 12.5 Å². The second-order valence-electron chi connectivity index (χ2n) is 3.63. The summed E-state index contributed by atoms with van der Waals surface area (Å²) in [7, 11) is 0. The molecule has 0 unspecified atom stereocenters. The van der Waals surface area contributed by atoms with Crippen LogP contribution in [0.15, 0.2) is 47.1 Å². The van der Waals surface area contributed by atoms with Gasteiger partial charge in [-0.3, -0.25) is 4.79 Å². The second kappa shape index (κ2) is 5.75. The summed E-state index contributed by atoms with van der Waals surface area (Å²) >= 11 is 3.26. The van der Waals surface area contributed by atoms with Crippen LogP contribution in [-0.2, 0) is 6.61 Å². The minimum absolute atomic E-state index is 0.121. The number of halogens is 1. The fourth-order valence-electron chi connectivity index (χ4n) is 1.48. The molecule has 92 valence electrons. The summed E-state index contributed by atoms with van der Waals surface area (Å²) in [5.74, 6) is -0.302. The molecule has 5 heteroatoms. The van der Waals surface area contributed by atoms with Crippen LogP contribution in [-0.4, -0.2) is 16.0 Å². The monoisotopic (exact) mass is 306 g/mol. The number of pyridine rings is 1. The second-order valence-corrected chi connectivity index (χ2v) is 4.55. The molecule has 4 nitrogen and oxygen atoms in total. The van der Waals surface area contributed by atoms with Crippen LogP contribution in [0.3, 0.4) is 0 Å². The lowest BCUT2D eigenvalue weighted by Crippen LogP contribution is -2.14. The highest BCUT2D eigenvalue weighted by atomic mass is 79.9. The average molecular weight is 307 g/mol. The lowest BCUT2D eigenvalue weighted by molar-refractivity contribution is 0.102. The van der Waals surface area contributed by atoms with Crippen molar-refractivity contribution in [2.45, 2.75) is 6.61 Å². The van der Waals surface area contributed by atoms with Crippen molar-refractivity contribution in [3.05, 3.63) is 58.3 Å². The standard InChI is InChI=1S/C13H11BrN2O2/c14-10-5-6-12(15-7-10)13(18)16-11-4-2-1-3-9(11)8-17/h1-7,17H,8H2,(H,16,18). The summed E-state index contributed by atoms with van der Waals surface area (Å²) in [4.78, 5) is 15.9. The smallest absolute Gasteiger partial charge is 0.274 e. The molecule has 1 heterocycles. The Kier molecular flexibility index (Phi) is 4.07. The number of amides is 1. The number of hydrogen-bond acceptors (Lipinski definition) is 3. The quantitative estimate of drug-likeness (QED) is 0.916. The summed E-state index contributed by atoms with van der Waals surface area (Å²) in [5, 5.41) is 11.9. The minimum atomic E-state index is -0.302. The fraction of sp³-hybridized carbons (Fsp3) is 0.0769. The molecule has 1 amide bonds. The highest BCUT2D eigenvalue weighted by molar-refractivity contribution is 9.10. The number of aromatic nitrogens is 1. The lowest BCUT2D eigenvalue weighted by atomic mass is 10.2. The van der Waals surface area contributed by atoms with E-state index >= 15 is 0 Å². The largest absolute Gasteiger partial charge is 0.392 e. The van der Waals surface area contributed by atoms with E-state index in [1.165, 1.54) is 0 Å². The highest BCUT2D eigenvalue weighted by Crippen LogP contribution is 2.16. The Bertz CT molecular complexity index is 555. The predicted molar refractivity (Wildman–Crippen MR) is 72.3 cm³/mol. The van der Waals surface area contributed by atoms with Crippen molar-refractivity contribution >= 4 is 27.5 Å². The Morgan fingerprint density at radius 3 is 2.72 bits per heavy atom. The van der Waals surface area contributed by atoms with Gasteiger partial charge in [0.1, 0.15) is 5.69 Å². The van der Waals surface area contributed by atoms with E-state index in [9.17, 15) is 4.79 Å². The Hall–Kier alpha value is -1.72. The van der Waals surface area contributed by atoms with Gasteiger partial charge in [-0.2, -0.15) is 0 Å². The van der Waals surface area contributed by atoms with Crippen LogP contribution in [0.2, 0.25) is 0 Å². The topological polar surface area (TPSA) is 62.2 Å². The zero-order valence-electron chi connectivity index (χ0n) is 9.43. The number of nitrogens with one attached hydrogen (secondary N) is 1. The van der Waals surface area contributed by atoms with Crippen molar-refractivity contribution < 1.29 is 9.90 Å². The normalized spacial score (nSPS) is 10.1. The zero-order chi connectivity index (χ0) is 13.0. The molecule has 0 bridgehead atoms. The summed E-state index contributed by atoms with van der Waals surface area (Å²) in [6, 6.07) is 10.5. The summed E-state index contributed by atoms with van der Waals surface area (Å²) in [6.45, 7) is -0.121. The average Bonchev–Trinajstić information content (AvgIpc) is 2.40. The first-order valence-electron chi connectivity index (χ1n) is 5.32. The maximum absolute atomic E-state index is 11.9. The number of para-hydroxylation sites is 1. The molecule has 2 aromatic rings.